The van der Waals surface area contributed by atoms with Crippen molar-refractivity contribution in [1.29, 1.82) is 5.26 Å². The molecule has 1 aromatic carbocycles. The van der Waals surface area contributed by atoms with E-state index in [0.29, 0.717) is 0 Å². The van der Waals surface area contributed by atoms with Crippen molar-refractivity contribution in [2.24, 2.45) is 0 Å². The molecule has 2 nitrogen and oxygen atoms in total. The van der Waals surface area contributed by atoms with E-state index in [1.54, 1.807) is 11.8 Å². The highest BCUT2D eigenvalue weighted by Crippen LogP contribution is 2.32. The highest BCUT2D eigenvalue weighted by Gasteiger charge is 2.13. The monoisotopic (exact) mass is 302 g/mol. The van der Waals surface area contributed by atoms with E-state index in [4.69, 9.17) is 5.26 Å². The van der Waals surface area contributed by atoms with Crippen LogP contribution in [-0.2, 0) is 0 Å². The minimum Gasteiger partial charge on any atom is -0.241 e. The first-order valence-electron chi connectivity index (χ1n) is 5.10. The van der Waals surface area contributed by atoms with E-state index in [1.165, 1.54) is 0 Å². The summed E-state index contributed by atoms with van der Waals surface area (Å²) in [5.74, 6) is 0.721. The second-order valence-electron chi connectivity index (χ2n) is 3.79. The van der Waals surface area contributed by atoms with E-state index in [1.807, 2.05) is 24.3 Å². The molecular formula is C13H7BrN2S. The predicted molar refractivity (Wildman–Crippen MR) is 73.8 cm³/mol. The summed E-state index contributed by atoms with van der Waals surface area (Å²) in [6, 6.07) is 10.3. The lowest BCUT2D eigenvalue weighted by molar-refractivity contribution is 1.16. The fraction of sp³-hybridized carbons (Fsp3) is 0.0769. The van der Waals surface area contributed by atoms with Gasteiger partial charge in [-0.2, -0.15) is 5.26 Å². The number of aromatic nitrogens is 1. The van der Waals surface area contributed by atoms with Gasteiger partial charge in [-0.25, -0.2) is 4.98 Å². The standard InChI is InChI=1S/C13H7BrN2S/c14-11-1-2-12-9(5-11)4-10-3-8(6-15)7-17-13(10)16-12/h1-5H,7H2. The number of halogens is 1. The number of fused-ring (bicyclic) bond motifs is 2. The molecular weight excluding hydrogens is 296 g/mol. The summed E-state index contributed by atoms with van der Waals surface area (Å²) in [5, 5.41) is 11.0. The Labute approximate surface area is 111 Å². The van der Waals surface area contributed by atoms with Crippen molar-refractivity contribution in [3.63, 3.8) is 0 Å². The molecule has 0 fully saturated rings. The molecule has 0 N–H and O–H groups in total. The molecule has 82 valence electrons. The Balaban J connectivity index is 2.26. The summed E-state index contributed by atoms with van der Waals surface area (Å²) in [6.07, 6.45) is 1.93. The van der Waals surface area contributed by atoms with E-state index in [0.717, 1.165) is 37.3 Å². The molecule has 0 atom stereocenters. The average molecular weight is 303 g/mol. The molecule has 1 aromatic heterocycles. The van der Waals surface area contributed by atoms with E-state index >= 15 is 0 Å². The van der Waals surface area contributed by atoms with Gasteiger partial charge in [0.05, 0.1) is 11.6 Å². The zero-order valence-corrected chi connectivity index (χ0v) is 11.2. The van der Waals surface area contributed by atoms with Gasteiger partial charge in [-0.3, -0.25) is 0 Å². The summed E-state index contributed by atoms with van der Waals surface area (Å²) in [6.45, 7) is 0. The number of hydrogen-bond donors (Lipinski definition) is 0. The number of thioether (sulfide) groups is 1. The maximum Gasteiger partial charge on any atom is 0.104 e. The number of benzene rings is 1. The Bertz CT molecular complexity index is 686. The third kappa shape index (κ3) is 1.97. The zero-order chi connectivity index (χ0) is 11.8. The first-order chi connectivity index (χ1) is 8.26. The van der Waals surface area contributed by atoms with Crippen molar-refractivity contribution in [2.75, 3.05) is 5.75 Å². The molecule has 0 aliphatic carbocycles. The summed E-state index contributed by atoms with van der Waals surface area (Å²) in [7, 11) is 0. The van der Waals surface area contributed by atoms with E-state index in [-0.39, 0.29) is 0 Å². The van der Waals surface area contributed by atoms with Crippen LogP contribution in [0.4, 0.5) is 0 Å². The normalized spacial score (nSPS) is 14.0. The van der Waals surface area contributed by atoms with Crippen LogP contribution in [0.3, 0.4) is 0 Å². The quantitative estimate of drug-likeness (QED) is 0.738. The first-order valence-corrected chi connectivity index (χ1v) is 6.88. The van der Waals surface area contributed by atoms with Crippen LogP contribution in [0, 0.1) is 11.3 Å². The van der Waals surface area contributed by atoms with Gasteiger partial charge in [0, 0.05) is 26.7 Å². The molecule has 0 radical (unpaired) electrons. The van der Waals surface area contributed by atoms with Gasteiger partial charge < -0.3 is 0 Å². The molecule has 2 heterocycles. The summed E-state index contributed by atoms with van der Waals surface area (Å²) >= 11 is 5.08. The maximum atomic E-state index is 8.91. The Morgan fingerprint density at radius 2 is 2.24 bits per heavy atom. The fourth-order valence-electron chi connectivity index (χ4n) is 1.81. The van der Waals surface area contributed by atoms with Crippen LogP contribution in [0.5, 0.6) is 0 Å². The summed E-state index contributed by atoms with van der Waals surface area (Å²) in [5.41, 5.74) is 2.84. The SMILES string of the molecule is N#CC1=Cc2cc3cc(Br)ccc3nc2SC1. The summed E-state index contributed by atoms with van der Waals surface area (Å²) in [4.78, 5) is 4.61. The lowest BCUT2D eigenvalue weighted by atomic mass is 10.1. The lowest BCUT2D eigenvalue weighted by Crippen LogP contribution is -1.97. The molecule has 4 heteroatoms. The van der Waals surface area contributed by atoms with Crippen LogP contribution in [0.25, 0.3) is 17.0 Å². The minimum atomic E-state index is 0.721. The van der Waals surface area contributed by atoms with Gasteiger partial charge in [-0.15, -0.1) is 11.8 Å². The van der Waals surface area contributed by atoms with Crippen molar-refractivity contribution in [3.05, 3.63) is 39.9 Å². The van der Waals surface area contributed by atoms with Crippen molar-refractivity contribution in [2.45, 2.75) is 5.03 Å². The van der Waals surface area contributed by atoms with Gasteiger partial charge in [-0.05, 0) is 30.3 Å². The topological polar surface area (TPSA) is 36.7 Å². The van der Waals surface area contributed by atoms with Gasteiger partial charge in [-0.1, -0.05) is 15.9 Å². The van der Waals surface area contributed by atoms with Gasteiger partial charge in [0.2, 0.25) is 0 Å². The highest BCUT2D eigenvalue weighted by atomic mass is 79.9. The first kappa shape index (κ1) is 10.8. The smallest absolute Gasteiger partial charge is 0.104 e. The van der Waals surface area contributed by atoms with Crippen molar-refractivity contribution >= 4 is 44.7 Å². The number of pyridine rings is 1. The lowest BCUT2D eigenvalue weighted by Gasteiger charge is -2.12. The van der Waals surface area contributed by atoms with Gasteiger partial charge in [0.15, 0.2) is 0 Å². The van der Waals surface area contributed by atoms with E-state index in [9.17, 15) is 0 Å². The molecule has 0 amide bonds. The minimum absolute atomic E-state index is 0.721. The van der Waals surface area contributed by atoms with Crippen LogP contribution in [-0.4, -0.2) is 10.7 Å². The van der Waals surface area contributed by atoms with Gasteiger partial charge in [0.1, 0.15) is 5.03 Å². The third-order valence-corrected chi connectivity index (χ3v) is 4.16. The Kier molecular flexibility index (Phi) is 2.65. The van der Waals surface area contributed by atoms with Crippen LogP contribution < -0.4 is 0 Å². The van der Waals surface area contributed by atoms with Crippen LogP contribution in [0.1, 0.15) is 5.56 Å². The number of rotatable bonds is 0. The Morgan fingerprint density at radius 3 is 3.06 bits per heavy atom. The molecule has 3 rings (SSSR count). The molecule has 2 aromatic rings. The number of nitriles is 1. The van der Waals surface area contributed by atoms with E-state index in [2.05, 4.69) is 33.0 Å². The number of nitrogens with zero attached hydrogens (tertiary/aromatic N) is 2. The third-order valence-electron chi connectivity index (χ3n) is 2.61. The molecule has 1 aliphatic rings. The molecule has 1 aliphatic heterocycles. The van der Waals surface area contributed by atoms with Crippen LogP contribution in [0.15, 0.2) is 39.3 Å². The molecule has 17 heavy (non-hydrogen) atoms. The average Bonchev–Trinajstić information content (AvgIpc) is 2.35. The Hall–Kier alpha value is -1.31. The second-order valence-corrected chi connectivity index (χ2v) is 5.67. The molecule has 0 saturated carbocycles. The molecule has 0 unspecified atom stereocenters. The van der Waals surface area contributed by atoms with Crippen molar-refractivity contribution in [1.82, 2.24) is 4.98 Å². The molecule has 0 saturated heterocycles. The Morgan fingerprint density at radius 1 is 1.35 bits per heavy atom. The van der Waals surface area contributed by atoms with Crippen molar-refractivity contribution in [3.8, 4) is 6.07 Å². The number of hydrogen-bond acceptors (Lipinski definition) is 3. The van der Waals surface area contributed by atoms with Gasteiger partial charge in [0.25, 0.3) is 0 Å². The van der Waals surface area contributed by atoms with Crippen molar-refractivity contribution < 1.29 is 0 Å². The van der Waals surface area contributed by atoms with Crippen LogP contribution >= 0.6 is 27.7 Å². The van der Waals surface area contributed by atoms with Crippen LogP contribution in [0.2, 0.25) is 0 Å². The zero-order valence-electron chi connectivity index (χ0n) is 8.77. The van der Waals surface area contributed by atoms with Gasteiger partial charge >= 0.3 is 0 Å². The largest absolute Gasteiger partial charge is 0.241 e. The highest BCUT2D eigenvalue weighted by molar-refractivity contribution is 9.10. The molecule has 0 bridgehead atoms. The predicted octanol–water partition coefficient (Wildman–Crippen LogP) is 4.01. The second kappa shape index (κ2) is 4.17. The maximum absolute atomic E-state index is 8.91. The molecule has 0 spiro atoms. The fourth-order valence-corrected chi connectivity index (χ4v) is 3.07. The summed E-state index contributed by atoms with van der Waals surface area (Å²) < 4.78 is 1.04. The van der Waals surface area contributed by atoms with E-state index < -0.39 is 0 Å².